The molecule has 1 aliphatic carbocycles. The van der Waals surface area contributed by atoms with Crippen LogP contribution in [0.3, 0.4) is 0 Å². The molecule has 31 heavy (non-hydrogen) atoms. The molecule has 0 aromatic heterocycles. The minimum Gasteiger partial charge on any atom is -0.495 e. The number of morpholine rings is 1. The number of sulfonamides is 2. The van der Waals surface area contributed by atoms with Crippen molar-refractivity contribution in [3.63, 3.8) is 0 Å². The Morgan fingerprint density at radius 1 is 0.935 bits per heavy atom. The summed E-state index contributed by atoms with van der Waals surface area (Å²) in [5, 5.41) is 0. The van der Waals surface area contributed by atoms with Crippen molar-refractivity contribution in [2.24, 2.45) is 0 Å². The molecule has 0 saturated carbocycles. The first-order chi connectivity index (χ1) is 14.8. The quantitative estimate of drug-likeness (QED) is 0.701. The number of aryl methyl sites for hydroxylation is 2. The zero-order valence-corrected chi connectivity index (χ0v) is 19.0. The van der Waals surface area contributed by atoms with E-state index in [9.17, 15) is 16.8 Å². The summed E-state index contributed by atoms with van der Waals surface area (Å²) in [6.07, 6.45) is 3.88. The number of hydrogen-bond acceptors (Lipinski definition) is 6. The maximum absolute atomic E-state index is 13.1. The van der Waals surface area contributed by atoms with Crippen molar-refractivity contribution in [3.05, 3.63) is 47.5 Å². The van der Waals surface area contributed by atoms with Gasteiger partial charge in [0.05, 0.1) is 25.2 Å². The average molecular weight is 467 g/mol. The van der Waals surface area contributed by atoms with Gasteiger partial charge in [-0.25, -0.2) is 16.8 Å². The molecule has 8 nitrogen and oxygen atoms in total. The number of nitrogens with one attached hydrogen (secondary N) is 1. The van der Waals surface area contributed by atoms with E-state index in [1.165, 1.54) is 35.7 Å². The molecule has 0 unspecified atom stereocenters. The second kappa shape index (κ2) is 8.78. The molecule has 0 atom stereocenters. The van der Waals surface area contributed by atoms with Crippen LogP contribution in [0.25, 0.3) is 0 Å². The monoisotopic (exact) mass is 466 g/mol. The van der Waals surface area contributed by atoms with E-state index in [0.717, 1.165) is 36.8 Å². The van der Waals surface area contributed by atoms with E-state index in [0.29, 0.717) is 32.1 Å². The number of ether oxygens (including phenoxy) is 2. The topological polar surface area (TPSA) is 102 Å². The maximum atomic E-state index is 13.1. The number of benzene rings is 2. The predicted octanol–water partition coefficient (Wildman–Crippen LogP) is 2.40. The zero-order valence-electron chi connectivity index (χ0n) is 17.3. The van der Waals surface area contributed by atoms with E-state index in [2.05, 4.69) is 4.72 Å². The van der Waals surface area contributed by atoms with Gasteiger partial charge in [-0.3, -0.25) is 4.72 Å². The van der Waals surface area contributed by atoms with Crippen molar-refractivity contribution >= 4 is 25.7 Å². The fraction of sp³-hybridized carbons (Fsp3) is 0.429. The van der Waals surface area contributed by atoms with Crippen LogP contribution in [0.4, 0.5) is 5.69 Å². The smallest absolute Gasteiger partial charge is 0.265 e. The van der Waals surface area contributed by atoms with E-state index in [4.69, 9.17) is 9.47 Å². The van der Waals surface area contributed by atoms with E-state index in [-0.39, 0.29) is 15.5 Å². The van der Waals surface area contributed by atoms with Gasteiger partial charge in [0, 0.05) is 18.8 Å². The summed E-state index contributed by atoms with van der Waals surface area (Å²) in [6.45, 7) is 1.32. The van der Waals surface area contributed by atoms with Gasteiger partial charge in [-0.05, 0) is 73.2 Å². The molecular weight excluding hydrogens is 440 g/mol. The van der Waals surface area contributed by atoms with Crippen LogP contribution in [0, 0.1) is 0 Å². The minimum atomic E-state index is -3.91. The van der Waals surface area contributed by atoms with Crippen molar-refractivity contribution in [1.29, 1.82) is 0 Å². The molecule has 2 aromatic rings. The Hall–Kier alpha value is -2.14. The number of fused-ring (bicyclic) bond motifs is 1. The molecule has 10 heteroatoms. The van der Waals surface area contributed by atoms with Crippen LogP contribution >= 0.6 is 0 Å². The fourth-order valence-corrected chi connectivity index (χ4v) is 6.62. The predicted molar refractivity (Wildman–Crippen MR) is 116 cm³/mol. The van der Waals surface area contributed by atoms with Crippen LogP contribution in [0.1, 0.15) is 24.0 Å². The second-order valence-corrected chi connectivity index (χ2v) is 11.2. The zero-order chi connectivity index (χ0) is 22.1. The molecular formula is C21H26N2O6S2. The second-order valence-electron chi connectivity index (χ2n) is 7.63. The Morgan fingerprint density at radius 2 is 1.55 bits per heavy atom. The Bertz CT molecular complexity index is 1160. The third kappa shape index (κ3) is 4.57. The van der Waals surface area contributed by atoms with Crippen molar-refractivity contribution in [1.82, 2.24) is 4.31 Å². The van der Waals surface area contributed by atoms with Gasteiger partial charge in [-0.1, -0.05) is 0 Å². The highest BCUT2D eigenvalue weighted by molar-refractivity contribution is 7.92. The van der Waals surface area contributed by atoms with E-state index in [1.54, 1.807) is 12.1 Å². The third-order valence-corrected chi connectivity index (χ3v) is 8.95. The first-order valence-corrected chi connectivity index (χ1v) is 13.1. The minimum absolute atomic E-state index is 0.0839. The molecule has 1 N–H and O–H groups in total. The van der Waals surface area contributed by atoms with Crippen LogP contribution < -0.4 is 9.46 Å². The van der Waals surface area contributed by atoms with Crippen LogP contribution in [0.2, 0.25) is 0 Å². The van der Waals surface area contributed by atoms with Gasteiger partial charge in [0.25, 0.3) is 10.0 Å². The summed E-state index contributed by atoms with van der Waals surface area (Å²) in [4.78, 5) is 0.198. The van der Waals surface area contributed by atoms with Crippen LogP contribution in [-0.4, -0.2) is 54.6 Å². The molecule has 4 rings (SSSR count). The molecule has 2 aromatic carbocycles. The highest BCUT2D eigenvalue weighted by atomic mass is 32.2. The van der Waals surface area contributed by atoms with Gasteiger partial charge in [-0.15, -0.1) is 0 Å². The number of nitrogens with zero attached hydrogens (tertiary/aromatic N) is 1. The van der Waals surface area contributed by atoms with Crippen LogP contribution in [0.5, 0.6) is 5.75 Å². The summed E-state index contributed by atoms with van der Waals surface area (Å²) in [6, 6.07) is 9.22. The molecule has 1 fully saturated rings. The fourth-order valence-electron chi connectivity index (χ4n) is 3.95. The van der Waals surface area contributed by atoms with E-state index in [1.807, 2.05) is 0 Å². The summed E-state index contributed by atoms with van der Waals surface area (Å²) in [5.74, 6) is 0.305. The Kier molecular flexibility index (Phi) is 6.25. The lowest BCUT2D eigenvalue weighted by atomic mass is 9.92. The summed E-state index contributed by atoms with van der Waals surface area (Å²) >= 11 is 0. The number of anilines is 1. The van der Waals surface area contributed by atoms with Crippen LogP contribution in [0.15, 0.2) is 46.2 Å². The highest BCUT2D eigenvalue weighted by Crippen LogP contribution is 2.33. The van der Waals surface area contributed by atoms with E-state index >= 15 is 0 Å². The average Bonchev–Trinajstić information content (AvgIpc) is 2.79. The number of hydrogen-bond donors (Lipinski definition) is 1. The van der Waals surface area contributed by atoms with Gasteiger partial charge >= 0.3 is 0 Å². The first-order valence-electron chi connectivity index (χ1n) is 10.2. The first kappa shape index (κ1) is 22.1. The summed E-state index contributed by atoms with van der Waals surface area (Å²) in [5.41, 5.74) is 2.43. The SMILES string of the molecule is COc1cc2c(cc1S(=O)(=O)Nc1ccc(S(=O)(=O)N3CCOCC3)cc1)CCCC2. The standard InChI is InChI=1S/C21H26N2O6S2/c1-28-20-14-16-4-2-3-5-17(16)15-21(20)30(24,25)22-18-6-8-19(9-7-18)31(26,27)23-10-12-29-13-11-23/h6-9,14-15,22H,2-5,10-13H2,1H3. The molecule has 0 spiro atoms. The Labute approximate surface area is 183 Å². The van der Waals surface area contributed by atoms with Crippen molar-refractivity contribution < 1.29 is 26.3 Å². The molecule has 1 saturated heterocycles. The Morgan fingerprint density at radius 3 is 2.16 bits per heavy atom. The number of rotatable bonds is 6. The van der Waals surface area contributed by atoms with Gasteiger partial charge in [0.1, 0.15) is 10.6 Å². The lowest BCUT2D eigenvalue weighted by Crippen LogP contribution is -2.40. The summed E-state index contributed by atoms with van der Waals surface area (Å²) in [7, 11) is -6.10. The lowest BCUT2D eigenvalue weighted by molar-refractivity contribution is 0.0730. The third-order valence-electron chi connectivity index (χ3n) is 5.63. The molecule has 168 valence electrons. The molecule has 0 bridgehead atoms. The van der Waals surface area contributed by atoms with Crippen LogP contribution in [-0.2, 0) is 37.6 Å². The maximum Gasteiger partial charge on any atom is 0.265 e. The molecule has 1 heterocycles. The highest BCUT2D eigenvalue weighted by Gasteiger charge is 2.27. The van der Waals surface area contributed by atoms with E-state index < -0.39 is 20.0 Å². The van der Waals surface area contributed by atoms with Gasteiger partial charge < -0.3 is 9.47 Å². The van der Waals surface area contributed by atoms with Gasteiger partial charge in [0.2, 0.25) is 10.0 Å². The molecule has 1 aliphatic heterocycles. The lowest BCUT2D eigenvalue weighted by Gasteiger charge is -2.26. The number of methoxy groups -OCH3 is 1. The molecule has 0 radical (unpaired) electrons. The largest absolute Gasteiger partial charge is 0.495 e. The summed E-state index contributed by atoms with van der Waals surface area (Å²) < 4.78 is 66.1. The Balaban J connectivity index is 1.58. The van der Waals surface area contributed by atoms with Gasteiger partial charge in [0.15, 0.2) is 0 Å². The van der Waals surface area contributed by atoms with Crippen molar-refractivity contribution in [2.75, 3.05) is 38.1 Å². The molecule has 2 aliphatic rings. The van der Waals surface area contributed by atoms with Crippen molar-refractivity contribution in [2.45, 2.75) is 35.5 Å². The molecule has 0 amide bonds. The van der Waals surface area contributed by atoms with Gasteiger partial charge in [-0.2, -0.15) is 4.31 Å². The van der Waals surface area contributed by atoms with Crippen molar-refractivity contribution in [3.8, 4) is 5.75 Å². The normalized spacial score (nSPS) is 17.7.